The van der Waals surface area contributed by atoms with Crippen LogP contribution in [0.4, 0.5) is 0 Å². The molecule has 2 aliphatic rings. The Morgan fingerprint density at radius 3 is 2.57 bits per heavy atom. The van der Waals surface area contributed by atoms with Crippen LogP contribution < -0.4 is 0 Å². The second-order valence-corrected chi connectivity index (χ2v) is 4.42. The van der Waals surface area contributed by atoms with Crippen molar-refractivity contribution in [3.8, 4) is 0 Å². The molecule has 80 valence electrons. The molecule has 1 saturated heterocycles. The van der Waals surface area contributed by atoms with Gasteiger partial charge in [0.25, 0.3) is 0 Å². The zero-order valence-electron chi connectivity index (χ0n) is 8.22. The first kappa shape index (κ1) is 9.93. The van der Waals surface area contributed by atoms with Crippen LogP contribution in [0.3, 0.4) is 0 Å². The maximum Gasteiger partial charge on any atom is 0.308 e. The van der Waals surface area contributed by atoms with Crippen molar-refractivity contribution in [1.82, 2.24) is 4.90 Å². The monoisotopic (exact) mass is 199 g/mol. The molecule has 4 heteroatoms. The summed E-state index contributed by atoms with van der Waals surface area (Å²) >= 11 is 0. The SMILES string of the molecule is O=C(O)C1CCC1N1CCC(CO)C1. The number of aliphatic hydroxyl groups is 1. The van der Waals surface area contributed by atoms with Crippen LogP contribution in [0.2, 0.25) is 0 Å². The van der Waals surface area contributed by atoms with E-state index in [4.69, 9.17) is 10.2 Å². The summed E-state index contributed by atoms with van der Waals surface area (Å²) in [5.74, 6) is -0.453. The lowest BCUT2D eigenvalue weighted by Crippen LogP contribution is -2.49. The minimum atomic E-state index is -0.659. The predicted molar refractivity (Wildman–Crippen MR) is 50.9 cm³/mol. The Labute approximate surface area is 83.5 Å². The Balaban J connectivity index is 1.88. The number of carbonyl (C=O) groups is 1. The summed E-state index contributed by atoms with van der Waals surface area (Å²) in [5.41, 5.74) is 0. The number of carboxylic acids is 1. The maximum absolute atomic E-state index is 10.8. The minimum absolute atomic E-state index is 0.160. The first-order valence-corrected chi connectivity index (χ1v) is 5.30. The number of carboxylic acid groups (broad SMARTS) is 1. The van der Waals surface area contributed by atoms with E-state index in [2.05, 4.69) is 4.90 Å². The number of nitrogens with zero attached hydrogens (tertiary/aromatic N) is 1. The third-order valence-corrected chi connectivity index (χ3v) is 3.60. The molecule has 2 rings (SSSR count). The summed E-state index contributed by atoms with van der Waals surface area (Å²) in [4.78, 5) is 13.1. The first-order chi connectivity index (χ1) is 6.72. The van der Waals surface area contributed by atoms with Crippen LogP contribution >= 0.6 is 0 Å². The molecule has 2 fully saturated rings. The number of aliphatic hydroxyl groups excluding tert-OH is 1. The highest BCUT2D eigenvalue weighted by molar-refractivity contribution is 5.72. The summed E-state index contributed by atoms with van der Waals surface area (Å²) in [5, 5.41) is 17.9. The lowest BCUT2D eigenvalue weighted by Gasteiger charge is -2.40. The van der Waals surface area contributed by atoms with Crippen molar-refractivity contribution >= 4 is 5.97 Å². The highest BCUT2D eigenvalue weighted by Gasteiger charge is 2.42. The topological polar surface area (TPSA) is 60.8 Å². The van der Waals surface area contributed by atoms with Crippen molar-refractivity contribution in [3.05, 3.63) is 0 Å². The Bertz CT molecular complexity index is 231. The highest BCUT2D eigenvalue weighted by Crippen LogP contribution is 2.35. The Morgan fingerprint density at radius 1 is 1.36 bits per heavy atom. The molecule has 0 aromatic heterocycles. The van der Waals surface area contributed by atoms with Gasteiger partial charge in [-0.3, -0.25) is 9.69 Å². The molecular formula is C10H17NO3. The summed E-state index contributed by atoms with van der Waals surface area (Å²) in [6, 6.07) is 0.240. The standard InChI is InChI=1S/C10H17NO3/c12-6-7-3-4-11(5-7)9-2-1-8(9)10(13)14/h7-9,12H,1-6H2,(H,13,14). The van der Waals surface area contributed by atoms with Gasteiger partial charge >= 0.3 is 5.97 Å². The lowest BCUT2D eigenvalue weighted by molar-refractivity contribution is -0.148. The van der Waals surface area contributed by atoms with E-state index in [-0.39, 0.29) is 18.6 Å². The third kappa shape index (κ3) is 1.64. The van der Waals surface area contributed by atoms with Gasteiger partial charge < -0.3 is 10.2 Å². The van der Waals surface area contributed by atoms with Gasteiger partial charge in [0.1, 0.15) is 0 Å². The van der Waals surface area contributed by atoms with E-state index in [1.54, 1.807) is 0 Å². The highest BCUT2D eigenvalue weighted by atomic mass is 16.4. The molecule has 2 N–H and O–H groups in total. The molecule has 0 spiro atoms. The molecule has 14 heavy (non-hydrogen) atoms. The van der Waals surface area contributed by atoms with Gasteiger partial charge in [-0.2, -0.15) is 0 Å². The zero-order chi connectivity index (χ0) is 10.1. The summed E-state index contributed by atoms with van der Waals surface area (Å²) in [6.07, 6.45) is 2.84. The van der Waals surface area contributed by atoms with Crippen LogP contribution in [-0.4, -0.2) is 46.8 Å². The van der Waals surface area contributed by atoms with E-state index >= 15 is 0 Å². The number of aliphatic carboxylic acids is 1. The van der Waals surface area contributed by atoms with E-state index in [0.29, 0.717) is 5.92 Å². The van der Waals surface area contributed by atoms with Crippen LogP contribution in [0.15, 0.2) is 0 Å². The molecule has 1 aliphatic carbocycles. The van der Waals surface area contributed by atoms with Gasteiger partial charge in [0.15, 0.2) is 0 Å². The van der Waals surface area contributed by atoms with Gasteiger partial charge in [-0.05, 0) is 31.7 Å². The summed E-state index contributed by atoms with van der Waals surface area (Å²) in [6.45, 7) is 2.07. The van der Waals surface area contributed by atoms with Crippen molar-refractivity contribution in [2.45, 2.75) is 25.3 Å². The molecular weight excluding hydrogens is 182 g/mol. The average molecular weight is 199 g/mol. The van der Waals surface area contributed by atoms with Crippen LogP contribution in [0, 0.1) is 11.8 Å². The summed E-state index contributed by atoms with van der Waals surface area (Å²) in [7, 11) is 0. The Kier molecular flexibility index (Phi) is 2.74. The smallest absolute Gasteiger partial charge is 0.308 e. The average Bonchev–Trinajstić information content (AvgIpc) is 2.49. The molecule has 0 radical (unpaired) electrons. The number of hydrogen-bond acceptors (Lipinski definition) is 3. The van der Waals surface area contributed by atoms with Gasteiger partial charge in [-0.25, -0.2) is 0 Å². The molecule has 0 amide bonds. The molecule has 0 aromatic carbocycles. The van der Waals surface area contributed by atoms with Crippen LogP contribution in [0.25, 0.3) is 0 Å². The van der Waals surface area contributed by atoms with Gasteiger partial charge in [0.05, 0.1) is 5.92 Å². The van der Waals surface area contributed by atoms with E-state index in [1.165, 1.54) is 0 Å². The van der Waals surface area contributed by atoms with Crippen molar-refractivity contribution in [3.63, 3.8) is 0 Å². The minimum Gasteiger partial charge on any atom is -0.481 e. The van der Waals surface area contributed by atoms with Crippen LogP contribution in [0.5, 0.6) is 0 Å². The number of hydrogen-bond donors (Lipinski definition) is 2. The molecule has 1 heterocycles. The predicted octanol–water partition coefficient (Wildman–Crippen LogP) is 0.164. The fourth-order valence-corrected chi connectivity index (χ4v) is 2.52. The first-order valence-electron chi connectivity index (χ1n) is 5.30. The van der Waals surface area contributed by atoms with Gasteiger partial charge in [-0.15, -0.1) is 0 Å². The molecule has 3 atom stereocenters. The third-order valence-electron chi connectivity index (χ3n) is 3.60. The Morgan fingerprint density at radius 2 is 2.14 bits per heavy atom. The van der Waals surface area contributed by atoms with Crippen molar-refractivity contribution < 1.29 is 15.0 Å². The van der Waals surface area contributed by atoms with Crippen molar-refractivity contribution in [2.75, 3.05) is 19.7 Å². The zero-order valence-corrected chi connectivity index (χ0v) is 8.22. The van der Waals surface area contributed by atoms with Gasteiger partial charge in [0, 0.05) is 19.2 Å². The van der Waals surface area contributed by atoms with Crippen molar-refractivity contribution in [1.29, 1.82) is 0 Å². The van der Waals surface area contributed by atoms with Crippen LogP contribution in [0.1, 0.15) is 19.3 Å². The molecule has 0 aromatic rings. The molecule has 1 saturated carbocycles. The maximum atomic E-state index is 10.8. The molecule has 1 aliphatic heterocycles. The second-order valence-electron chi connectivity index (χ2n) is 4.42. The normalized spacial score (nSPS) is 38.2. The number of rotatable bonds is 3. The van der Waals surface area contributed by atoms with Crippen molar-refractivity contribution in [2.24, 2.45) is 11.8 Å². The van der Waals surface area contributed by atoms with E-state index < -0.39 is 5.97 Å². The van der Waals surface area contributed by atoms with Crippen LogP contribution in [-0.2, 0) is 4.79 Å². The fourth-order valence-electron chi connectivity index (χ4n) is 2.52. The molecule has 3 unspecified atom stereocenters. The largest absolute Gasteiger partial charge is 0.481 e. The number of likely N-dealkylation sites (tertiary alicyclic amines) is 1. The lowest BCUT2D eigenvalue weighted by atomic mass is 9.78. The second kappa shape index (κ2) is 3.87. The fraction of sp³-hybridized carbons (Fsp3) is 0.900. The van der Waals surface area contributed by atoms with Gasteiger partial charge in [-0.1, -0.05) is 0 Å². The van der Waals surface area contributed by atoms with E-state index in [1.807, 2.05) is 0 Å². The van der Waals surface area contributed by atoms with E-state index in [9.17, 15) is 4.79 Å². The molecule has 4 nitrogen and oxygen atoms in total. The Hall–Kier alpha value is -0.610. The summed E-state index contributed by atoms with van der Waals surface area (Å²) < 4.78 is 0. The molecule has 0 bridgehead atoms. The van der Waals surface area contributed by atoms with E-state index in [0.717, 1.165) is 32.4 Å². The quantitative estimate of drug-likeness (QED) is 0.680. The van der Waals surface area contributed by atoms with Gasteiger partial charge in [0.2, 0.25) is 0 Å².